The van der Waals surface area contributed by atoms with Crippen LogP contribution in [0.1, 0.15) is 42.5 Å². The second-order valence-electron chi connectivity index (χ2n) is 6.44. The minimum atomic E-state index is -1.30. The van der Waals surface area contributed by atoms with E-state index < -0.39 is 11.7 Å². The molecule has 1 aromatic rings. The number of Topliss-reactive ketones (excluding diaryl/α,β-unsaturated/α-hetero) is 3. The van der Waals surface area contributed by atoms with Gasteiger partial charge in [0, 0.05) is 24.8 Å². The average molecular weight is 398 g/mol. The first-order chi connectivity index (χ1) is 12.4. The van der Waals surface area contributed by atoms with Gasteiger partial charge in [0.05, 0.1) is 16.1 Å². The first kappa shape index (κ1) is 18.9. The lowest BCUT2D eigenvalue weighted by atomic mass is 9.81. The SMILES string of the molecule is O=C1CC[C@@H](COc2c(Cl)ccc(C(=O)C3C(=O)CCCC3=O)c2Cl)N1. The molecule has 1 amide bonds. The Morgan fingerprint density at radius 3 is 2.42 bits per heavy atom. The van der Waals surface area contributed by atoms with Crippen molar-refractivity contribution in [1.82, 2.24) is 5.32 Å². The van der Waals surface area contributed by atoms with E-state index in [-0.39, 0.29) is 64.3 Å². The van der Waals surface area contributed by atoms with Crippen molar-refractivity contribution in [1.29, 1.82) is 0 Å². The third kappa shape index (κ3) is 3.76. The van der Waals surface area contributed by atoms with Crippen LogP contribution in [0, 0.1) is 5.92 Å². The predicted octanol–water partition coefficient (Wildman–Crippen LogP) is 2.77. The summed E-state index contributed by atoms with van der Waals surface area (Å²) in [6, 6.07) is 2.68. The fourth-order valence-electron chi connectivity index (χ4n) is 3.19. The molecule has 1 saturated carbocycles. The van der Waals surface area contributed by atoms with Gasteiger partial charge in [-0.2, -0.15) is 0 Å². The van der Waals surface area contributed by atoms with Crippen LogP contribution in [0.5, 0.6) is 5.75 Å². The van der Waals surface area contributed by atoms with Gasteiger partial charge in [-0.1, -0.05) is 23.2 Å². The number of hydrogen-bond donors (Lipinski definition) is 1. The summed E-state index contributed by atoms with van der Waals surface area (Å²) in [5.41, 5.74) is 0.0372. The van der Waals surface area contributed by atoms with Crippen LogP contribution < -0.4 is 10.1 Å². The smallest absolute Gasteiger partial charge is 0.220 e. The normalized spacial score (nSPS) is 21.0. The lowest BCUT2D eigenvalue weighted by Gasteiger charge is -2.20. The molecule has 0 spiro atoms. The van der Waals surface area contributed by atoms with E-state index in [1.807, 2.05) is 0 Å². The van der Waals surface area contributed by atoms with Crippen LogP contribution in [0.2, 0.25) is 10.0 Å². The van der Waals surface area contributed by atoms with E-state index in [4.69, 9.17) is 27.9 Å². The molecule has 0 aromatic heterocycles. The lowest BCUT2D eigenvalue weighted by Crippen LogP contribution is -2.35. The van der Waals surface area contributed by atoms with E-state index in [9.17, 15) is 19.2 Å². The van der Waals surface area contributed by atoms with Crippen molar-refractivity contribution in [2.75, 3.05) is 6.61 Å². The standard InChI is InChI=1S/C18H17Cl2NO5/c19-11-6-5-10(17(25)15-12(22)2-1-3-13(15)23)16(20)18(11)26-8-9-4-7-14(24)21-9/h5-6,9,15H,1-4,7-8H2,(H,21,24)/t9-/m0/s1. The molecule has 3 rings (SSSR count). The van der Waals surface area contributed by atoms with Gasteiger partial charge in [-0.25, -0.2) is 0 Å². The second kappa shape index (κ2) is 7.76. The third-order valence-electron chi connectivity index (χ3n) is 4.58. The molecule has 8 heteroatoms. The number of rotatable bonds is 5. The molecule has 1 aliphatic heterocycles. The van der Waals surface area contributed by atoms with Gasteiger partial charge in [-0.15, -0.1) is 0 Å². The van der Waals surface area contributed by atoms with Gasteiger partial charge in [0.25, 0.3) is 0 Å². The minimum absolute atomic E-state index is 0.0296. The fraction of sp³-hybridized carbons (Fsp3) is 0.444. The molecule has 0 bridgehead atoms. The zero-order valence-corrected chi connectivity index (χ0v) is 15.4. The molecular weight excluding hydrogens is 381 g/mol. The fourth-order valence-corrected chi connectivity index (χ4v) is 3.77. The van der Waals surface area contributed by atoms with Crippen molar-refractivity contribution in [3.8, 4) is 5.75 Å². The van der Waals surface area contributed by atoms with Crippen LogP contribution in [-0.2, 0) is 14.4 Å². The van der Waals surface area contributed by atoms with Gasteiger partial charge in [0.1, 0.15) is 12.5 Å². The van der Waals surface area contributed by atoms with Gasteiger partial charge in [-0.05, 0) is 25.0 Å². The van der Waals surface area contributed by atoms with Gasteiger partial charge in [-0.3, -0.25) is 19.2 Å². The Morgan fingerprint density at radius 2 is 1.81 bits per heavy atom. The number of ketones is 3. The van der Waals surface area contributed by atoms with E-state index in [0.29, 0.717) is 19.3 Å². The van der Waals surface area contributed by atoms with Gasteiger partial charge < -0.3 is 10.1 Å². The average Bonchev–Trinajstić information content (AvgIpc) is 3.00. The molecule has 1 N–H and O–H groups in total. The van der Waals surface area contributed by atoms with Gasteiger partial charge in [0.2, 0.25) is 5.91 Å². The van der Waals surface area contributed by atoms with Crippen LogP contribution >= 0.6 is 23.2 Å². The summed E-state index contributed by atoms with van der Waals surface area (Å²) >= 11 is 12.4. The molecular formula is C18H17Cl2NO5. The number of carbonyl (C=O) groups excluding carboxylic acids is 4. The molecule has 1 aliphatic carbocycles. The summed E-state index contributed by atoms with van der Waals surface area (Å²) in [4.78, 5) is 48.0. The Morgan fingerprint density at radius 1 is 1.12 bits per heavy atom. The predicted molar refractivity (Wildman–Crippen MR) is 94.8 cm³/mol. The van der Waals surface area contributed by atoms with E-state index in [0.717, 1.165) is 0 Å². The number of hydrogen-bond acceptors (Lipinski definition) is 5. The Hall–Kier alpha value is -1.92. The molecule has 1 atom stereocenters. The number of benzene rings is 1. The van der Waals surface area contributed by atoms with Crippen molar-refractivity contribution in [2.24, 2.45) is 5.92 Å². The maximum Gasteiger partial charge on any atom is 0.220 e. The molecule has 6 nitrogen and oxygen atoms in total. The molecule has 0 unspecified atom stereocenters. The topological polar surface area (TPSA) is 89.5 Å². The van der Waals surface area contributed by atoms with Crippen molar-refractivity contribution < 1.29 is 23.9 Å². The van der Waals surface area contributed by atoms with Crippen LogP contribution in [-0.4, -0.2) is 35.9 Å². The molecule has 1 aromatic carbocycles. The summed E-state index contributed by atoms with van der Waals surface area (Å²) in [5.74, 6) is -2.63. The first-order valence-corrected chi connectivity index (χ1v) is 9.14. The minimum Gasteiger partial charge on any atom is -0.488 e. The second-order valence-corrected chi connectivity index (χ2v) is 7.22. The maximum atomic E-state index is 12.7. The molecule has 1 saturated heterocycles. The first-order valence-electron chi connectivity index (χ1n) is 8.38. The van der Waals surface area contributed by atoms with E-state index >= 15 is 0 Å². The zero-order chi connectivity index (χ0) is 18.8. The zero-order valence-electron chi connectivity index (χ0n) is 13.8. The number of nitrogens with one attached hydrogen (secondary N) is 1. The summed E-state index contributed by atoms with van der Waals surface area (Å²) in [7, 11) is 0. The Kier molecular flexibility index (Phi) is 5.63. The van der Waals surface area contributed by atoms with E-state index in [1.165, 1.54) is 12.1 Å². The van der Waals surface area contributed by atoms with E-state index in [2.05, 4.69) is 5.32 Å². The quantitative estimate of drug-likeness (QED) is 0.609. The van der Waals surface area contributed by atoms with Crippen LogP contribution in [0.3, 0.4) is 0 Å². The van der Waals surface area contributed by atoms with Crippen molar-refractivity contribution in [3.63, 3.8) is 0 Å². The number of ether oxygens (including phenoxy) is 1. The Balaban J connectivity index is 1.82. The number of amides is 1. The van der Waals surface area contributed by atoms with Crippen molar-refractivity contribution in [2.45, 2.75) is 38.1 Å². The van der Waals surface area contributed by atoms with Crippen molar-refractivity contribution >= 4 is 46.5 Å². The summed E-state index contributed by atoms with van der Waals surface area (Å²) in [5, 5.41) is 2.93. The molecule has 0 radical (unpaired) electrons. The lowest BCUT2D eigenvalue weighted by molar-refractivity contribution is -0.133. The highest BCUT2D eigenvalue weighted by Gasteiger charge is 2.37. The summed E-state index contributed by atoms with van der Waals surface area (Å²) < 4.78 is 5.63. The van der Waals surface area contributed by atoms with Crippen molar-refractivity contribution in [3.05, 3.63) is 27.7 Å². The van der Waals surface area contributed by atoms with Crippen LogP contribution in [0.4, 0.5) is 0 Å². The molecule has 2 aliphatic rings. The Bertz CT molecular complexity index is 776. The molecule has 138 valence electrons. The third-order valence-corrected chi connectivity index (χ3v) is 5.25. The molecule has 26 heavy (non-hydrogen) atoms. The number of halogens is 2. The van der Waals surface area contributed by atoms with Crippen LogP contribution in [0.15, 0.2) is 12.1 Å². The maximum absolute atomic E-state index is 12.7. The molecule has 1 heterocycles. The number of carbonyl (C=O) groups is 4. The van der Waals surface area contributed by atoms with Gasteiger partial charge >= 0.3 is 0 Å². The Labute approximate surface area is 160 Å². The highest BCUT2D eigenvalue weighted by Crippen LogP contribution is 2.37. The molecule has 2 fully saturated rings. The highest BCUT2D eigenvalue weighted by molar-refractivity contribution is 6.40. The monoisotopic (exact) mass is 397 g/mol. The van der Waals surface area contributed by atoms with Gasteiger partial charge in [0.15, 0.2) is 23.1 Å². The summed E-state index contributed by atoms with van der Waals surface area (Å²) in [6.45, 7) is 0.157. The van der Waals surface area contributed by atoms with Crippen LogP contribution in [0.25, 0.3) is 0 Å². The van der Waals surface area contributed by atoms with E-state index in [1.54, 1.807) is 0 Å². The summed E-state index contributed by atoms with van der Waals surface area (Å²) in [6.07, 6.45) is 1.95. The largest absolute Gasteiger partial charge is 0.488 e. The highest BCUT2D eigenvalue weighted by atomic mass is 35.5.